The van der Waals surface area contributed by atoms with Crippen molar-refractivity contribution in [2.24, 2.45) is 5.92 Å². The van der Waals surface area contributed by atoms with Gasteiger partial charge in [-0.1, -0.05) is 6.07 Å². The normalized spacial score (nSPS) is 17.5. The van der Waals surface area contributed by atoms with Crippen LogP contribution in [0.4, 0.5) is 19.3 Å². The number of amides is 2. The number of hydrogen-bond acceptors (Lipinski definition) is 3. The van der Waals surface area contributed by atoms with E-state index in [1.54, 1.807) is 19.1 Å². The van der Waals surface area contributed by atoms with Gasteiger partial charge in [0.15, 0.2) is 0 Å². The standard InChI is InChI=1S/C15H20F2N2O3/c1-10-2-3-12(6-13(10)22-9-14(16)17)19-15(20)18-7-11-4-5-21-8-11/h2-3,6,11,14H,4-5,7-9H2,1H3,(H2,18,19,20). The lowest BCUT2D eigenvalue weighted by Gasteiger charge is -2.13. The summed E-state index contributed by atoms with van der Waals surface area (Å²) in [5, 5.41) is 5.43. The van der Waals surface area contributed by atoms with Crippen LogP contribution in [0.5, 0.6) is 5.75 Å². The minimum Gasteiger partial charge on any atom is -0.487 e. The van der Waals surface area contributed by atoms with E-state index in [0.29, 0.717) is 30.5 Å². The summed E-state index contributed by atoms with van der Waals surface area (Å²) in [5.74, 6) is 0.677. The second kappa shape index (κ2) is 7.93. The third-order valence-corrected chi connectivity index (χ3v) is 3.39. The molecule has 5 nitrogen and oxygen atoms in total. The second-order valence-corrected chi connectivity index (χ2v) is 5.25. The molecule has 1 aliphatic rings. The molecule has 1 aromatic rings. The molecule has 0 bridgehead atoms. The maximum Gasteiger partial charge on any atom is 0.319 e. The van der Waals surface area contributed by atoms with Crippen LogP contribution in [0.3, 0.4) is 0 Å². The van der Waals surface area contributed by atoms with E-state index in [2.05, 4.69) is 10.6 Å². The summed E-state index contributed by atoms with van der Waals surface area (Å²) in [4.78, 5) is 11.8. The summed E-state index contributed by atoms with van der Waals surface area (Å²) in [5.41, 5.74) is 1.23. The number of hydrogen-bond donors (Lipinski definition) is 2. The zero-order chi connectivity index (χ0) is 15.9. The Labute approximate surface area is 128 Å². The third-order valence-electron chi connectivity index (χ3n) is 3.39. The van der Waals surface area contributed by atoms with Gasteiger partial charge >= 0.3 is 6.03 Å². The number of benzene rings is 1. The Balaban J connectivity index is 1.85. The average Bonchev–Trinajstić information content (AvgIpc) is 2.99. The molecule has 7 heteroatoms. The number of carbonyl (C=O) groups excluding carboxylic acids is 1. The van der Waals surface area contributed by atoms with Gasteiger partial charge in [-0.3, -0.25) is 0 Å². The lowest BCUT2D eigenvalue weighted by atomic mass is 10.1. The fourth-order valence-corrected chi connectivity index (χ4v) is 2.14. The average molecular weight is 314 g/mol. The van der Waals surface area contributed by atoms with Gasteiger partial charge in [-0.25, -0.2) is 13.6 Å². The Morgan fingerprint density at radius 3 is 3.00 bits per heavy atom. The minimum absolute atomic E-state index is 0.335. The number of alkyl halides is 2. The Morgan fingerprint density at radius 2 is 2.32 bits per heavy atom. The van der Waals surface area contributed by atoms with E-state index in [4.69, 9.17) is 9.47 Å². The molecule has 0 aromatic heterocycles. The Hall–Kier alpha value is -1.89. The molecule has 2 amide bonds. The maximum absolute atomic E-state index is 12.2. The summed E-state index contributed by atoms with van der Waals surface area (Å²) in [6, 6.07) is 4.61. The van der Waals surface area contributed by atoms with Crippen LogP contribution in [0.1, 0.15) is 12.0 Å². The number of urea groups is 1. The van der Waals surface area contributed by atoms with Gasteiger partial charge in [0.2, 0.25) is 0 Å². The first-order valence-electron chi connectivity index (χ1n) is 7.19. The summed E-state index contributed by atoms with van der Waals surface area (Å²) < 4.78 is 34.6. The van der Waals surface area contributed by atoms with Gasteiger partial charge in [-0.05, 0) is 25.0 Å². The van der Waals surface area contributed by atoms with Crippen LogP contribution in [0.15, 0.2) is 18.2 Å². The molecule has 0 saturated carbocycles. The topological polar surface area (TPSA) is 59.6 Å². The van der Waals surface area contributed by atoms with E-state index >= 15 is 0 Å². The lowest BCUT2D eigenvalue weighted by Crippen LogP contribution is -2.33. The van der Waals surface area contributed by atoms with Crippen LogP contribution < -0.4 is 15.4 Å². The molecule has 2 rings (SSSR count). The summed E-state index contributed by atoms with van der Waals surface area (Å²) in [6.07, 6.45) is -1.59. The van der Waals surface area contributed by atoms with Crippen molar-refractivity contribution in [2.45, 2.75) is 19.8 Å². The molecule has 1 aromatic carbocycles. The molecule has 1 heterocycles. The summed E-state index contributed by atoms with van der Waals surface area (Å²) in [7, 11) is 0. The van der Waals surface area contributed by atoms with Crippen molar-refractivity contribution in [2.75, 3.05) is 31.7 Å². The van der Waals surface area contributed by atoms with Crippen molar-refractivity contribution in [1.29, 1.82) is 0 Å². The third kappa shape index (κ3) is 5.14. The Morgan fingerprint density at radius 1 is 1.50 bits per heavy atom. The summed E-state index contributed by atoms with van der Waals surface area (Å²) >= 11 is 0. The monoisotopic (exact) mass is 314 g/mol. The zero-order valence-corrected chi connectivity index (χ0v) is 12.4. The number of rotatable bonds is 6. The van der Waals surface area contributed by atoms with E-state index in [-0.39, 0.29) is 6.03 Å². The number of nitrogens with one attached hydrogen (secondary N) is 2. The molecule has 2 N–H and O–H groups in total. The molecular weight excluding hydrogens is 294 g/mol. The smallest absolute Gasteiger partial charge is 0.319 e. The number of carbonyl (C=O) groups is 1. The van der Waals surface area contributed by atoms with E-state index in [1.165, 1.54) is 6.07 Å². The number of ether oxygens (including phenoxy) is 2. The SMILES string of the molecule is Cc1ccc(NC(=O)NCC2CCOC2)cc1OCC(F)F. The van der Waals surface area contributed by atoms with Crippen LogP contribution in [0.2, 0.25) is 0 Å². The number of aryl methyl sites for hydroxylation is 1. The van der Waals surface area contributed by atoms with E-state index < -0.39 is 13.0 Å². The number of halogens is 2. The Kier molecular flexibility index (Phi) is 5.94. The first-order chi connectivity index (χ1) is 10.5. The van der Waals surface area contributed by atoms with Gasteiger partial charge in [0.25, 0.3) is 6.43 Å². The molecule has 1 saturated heterocycles. The highest BCUT2D eigenvalue weighted by atomic mass is 19.3. The van der Waals surface area contributed by atoms with Crippen molar-refractivity contribution in [3.8, 4) is 5.75 Å². The maximum atomic E-state index is 12.2. The Bertz CT molecular complexity index is 506. The van der Waals surface area contributed by atoms with Gasteiger partial charge in [0, 0.05) is 30.8 Å². The van der Waals surface area contributed by atoms with Gasteiger partial charge in [-0.2, -0.15) is 0 Å². The zero-order valence-electron chi connectivity index (χ0n) is 12.4. The van der Waals surface area contributed by atoms with E-state index in [9.17, 15) is 13.6 Å². The van der Waals surface area contributed by atoms with Crippen LogP contribution in [-0.2, 0) is 4.74 Å². The van der Waals surface area contributed by atoms with E-state index in [0.717, 1.165) is 18.6 Å². The lowest BCUT2D eigenvalue weighted by molar-refractivity contribution is 0.0816. The highest BCUT2D eigenvalue weighted by molar-refractivity contribution is 5.89. The first-order valence-corrected chi connectivity index (χ1v) is 7.19. The van der Waals surface area contributed by atoms with Gasteiger partial charge < -0.3 is 20.1 Å². The fraction of sp³-hybridized carbons (Fsp3) is 0.533. The molecule has 1 unspecified atom stereocenters. The largest absolute Gasteiger partial charge is 0.487 e. The highest BCUT2D eigenvalue weighted by Gasteiger charge is 2.16. The van der Waals surface area contributed by atoms with Crippen molar-refractivity contribution < 1.29 is 23.0 Å². The molecule has 1 aliphatic heterocycles. The molecule has 0 spiro atoms. The van der Waals surface area contributed by atoms with Crippen molar-refractivity contribution in [3.05, 3.63) is 23.8 Å². The molecule has 0 radical (unpaired) electrons. The molecule has 1 fully saturated rings. The summed E-state index contributed by atoms with van der Waals surface area (Å²) in [6.45, 7) is 3.03. The first kappa shape index (κ1) is 16.5. The van der Waals surface area contributed by atoms with Gasteiger partial charge in [0.1, 0.15) is 12.4 Å². The predicted molar refractivity (Wildman–Crippen MR) is 78.6 cm³/mol. The van der Waals surface area contributed by atoms with Crippen LogP contribution >= 0.6 is 0 Å². The second-order valence-electron chi connectivity index (χ2n) is 5.25. The van der Waals surface area contributed by atoms with E-state index in [1.807, 2.05) is 0 Å². The molecule has 0 aliphatic carbocycles. The van der Waals surface area contributed by atoms with Gasteiger partial charge in [0.05, 0.1) is 6.61 Å². The molecule has 22 heavy (non-hydrogen) atoms. The van der Waals surface area contributed by atoms with Crippen molar-refractivity contribution >= 4 is 11.7 Å². The van der Waals surface area contributed by atoms with Crippen LogP contribution in [-0.4, -0.2) is 38.8 Å². The van der Waals surface area contributed by atoms with Crippen LogP contribution in [0, 0.1) is 12.8 Å². The molecular formula is C15H20F2N2O3. The quantitative estimate of drug-likeness (QED) is 0.849. The molecule has 1 atom stereocenters. The van der Waals surface area contributed by atoms with Crippen LogP contribution in [0.25, 0.3) is 0 Å². The van der Waals surface area contributed by atoms with Crippen molar-refractivity contribution in [1.82, 2.24) is 5.32 Å². The molecule has 122 valence electrons. The number of anilines is 1. The predicted octanol–water partition coefficient (Wildman–Crippen LogP) is 2.80. The van der Waals surface area contributed by atoms with Crippen molar-refractivity contribution in [3.63, 3.8) is 0 Å². The minimum atomic E-state index is -2.53. The fourth-order valence-electron chi connectivity index (χ4n) is 2.14. The highest BCUT2D eigenvalue weighted by Crippen LogP contribution is 2.23. The van der Waals surface area contributed by atoms with Gasteiger partial charge in [-0.15, -0.1) is 0 Å².